The fraction of sp³-hybridized carbons (Fsp3) is 0.205. The molecule has 7 aromatic rings. The predicted octanol–water partition coefficient (Wildman–Crippen LogP) is 6.56. The van der Waals surface area contributed by atoms with Gasteiger partial charge in [0, 0.05) is 37.2 Å². The standard InChI is InChI=1S/C39H32ClF3N8O4S/c1-49-36-33(12-11-28(40)35(36)37(47-49)48-56(2,54)55)51-38(45-31-18-23(9-10-27(31)39(51)53)26-5-3-4-6-29(26)43)32(17-21-15-24(41)19-25(42)16-21)44-34(52)20-50-14-13-30(46-50)22-7-8-22/h3-6,9-16,18-19,22,32H,7-8,17,20H2,1-2H3,(H,44,52)(H,47,48)/t32-/m0/s1. The minimum atomic E-state index is -3.83. The lowest BCUT2D eigenvalue weighted by Gasteiger charge is -2.24. The summed E-state index contributed by atoms with van der Waals surface area (Å²) < 4.78 is 75.3. The van der Waals surface area contributed by atoms with Crippen LogP contribution in [0, 0.1) is 17.5 Å². The van der Waals surface area contributed by atoms with Crippen LogP contribution in [0.5, 0.6) is 0 Å². The van der Waals surface area contributed by atoms with Crippen molar-refractivity contribution in [3.63, 3.8) is 0 Å². The highest BCUT2D eigenvalue weighted by Gasteiger charge is 2.29. The van der Waals surface area contributed by atoms with Gasteiger partial charge in [-0.05, 0) is 72.5 Å². The summed E-state index contributed by atoms with van der Waals surface area (Å²) in [5.41, 5.74) is 1.58. The molecule has 12 nitrogen and oxygen atoms in total. The van der Waals surface area contributed by atoms with Gasteiger partial charge in [-0.1, -0.05) is 35.9 Å². The van der Waals surface area contributed by atoms with Crippen LogP contribution >= 0.6 is 11.6 Å². The van der Waals surface area contributed by atoms with Crippen molar-refractivity contribution in [1.82, 2.24) is 34.4 Å². The molecule has 0 spiro atoms. The Morgan fingerprint density at radius 3 is 2.45 bits per heavy atom. The van der Waals surface area contributed by atoms with Crippen LogP contribution in [0.4, 0.5) is 19.0 Å². The zero-order valence-electron chi connectivity index (χ0n) is 29.8. The summed E-state index contributed by atoms with van der Waals surface area (Å²) in [4.78, 5) is 33.7. The van der Waals surface area contributed by atoms with Gasteiger partial charge < -0.3 is 5.32 Å². The highest BCUT2D eigenvalue weighted by molar-refractivity contribution is 7.92. The second-order valence-electron chi connectivity index (χ2n) is 13.8. The van der Waals surface area contributed by atoms with Gasteiger partial charge in [0.05, 0.1) is 50.5 Å². The van der Waals surface area contributed by atoms with Gasteiger partial charge in [0.15, 0.2) is 5.82 Å². The van der Waals surface area contributed by atoms with Crippen LogP contribution in [0.25, 0.3) is 38.6 Å². The molecule has 56 heavy (non-hydrogen) atoms. The Labute approximate surface area is 322 Å². The highest BCUT2D eigenvalue weighted by atomic mass is 35.5. The molecule has 0 radical (unpaired) electrons. The minimum Gasteiger partial charge on any atom is -0.344 e. The van der Waals surface area contributed by atoms with E-state index in [1.807, 2.05) is 6.07 Å². The van der Waals surface area contributed by atoms with Gasteiger partial charge in [-0.2, -0.15) is 10.2 Å². The average Bonchev–Trinajstić information content (AvgIpc) is 3.79. The smallest absolute Gasteiger partial charge is 0.266 e. The van der Waals surface area contributed by atoms with E-state index < -0.39 is 45.0 Å². The van der Waals surface area contributed by atoms with Crippen LogP contribution in [-0.4, -0.2) is 49.7 Å². The molecule has 3 heterocycles. The van der Waals surface area contributed by atoms with Crippen LogP contribution in [0.3, 0.4) is 0 Å². The zero-order chi connectivity index (χ0) is 39.5. The number of hydrogen-bond acceptors (Lipinski definition) is 7. The molecular formula is C39H32ClF3N8O4S. The van der Waals surface area contributed by atoms with Gasteiger partial charge in [0.1, 0.15) is 29.8 Å². The summed E-state index contributed by atoms with van der Waals surface area (Å²) in [5.74, 6) is -2.56. The van der Waals surface area contributed by atoms with E-state index >= 15 is 0 Å². The number of fused-ring (bicyclic) bond motifs is 2. The van der Waals surface area contributed by atoms with Gasteiger partial charge >= 0.3 is 0 Å². The maximum atomic E-state index is 15.0. The number of aromatic nitrogens is 6. The van der Waals surface area contributed by atoms with Crippen LogP contribution in [-0.2, 0) is 34.8 Å². The summed E-state index contributed by atoms with van der Waals surface area (Å²) in [6.45, 7) is -0.219. The molecule has 3 aromatic heterocycles. The molecule has 1 aliphatic rings. The van der Waals surface area contributed by atoms with Crippen LogP contribution in [0.2, 0.25) is 5.02 Å². The highest BCUT2D eigenvalue weighted by Crippen LogP contribution is 2.39. The van der Waals surface area contributed by atoms with E-state index in [-0.39, 0.29) is 68.3 Å². The maximum Gasteiger partial charge on any atom is 0.266 e. The van der Waals surface area contributed by atoms with Crippen LogP contribution < -0.4 is 15.6 Å². The molecule has 0 aliphatic heterocycles. The van der Waals surface area contributed by atoms with E-state index in [1.165, 1.54) is 45.2 Å². The van der Waals surface area contributed by atoms with E-state index in [1.54, 1.807) is 36.5 Å². The Bertz CT molecular complexity index is 2870. The predicted molar refractivity (Wildman–Crippen MR) is 206 cm³/mol. The SMILES string of the molecule is Cn1nc(NS(C)(=O)=O)c2c(Cl)ccc(-n3c([C@H](Cc4cc(F)cc(F)c4)NC(=O)Cn4ccc(C5CC5)n4)nc4cc(-c5ccccc5F)ccc4c3=O)c21. The third-order valence-electron chi connectivity index (χ3n) is 9.49. The van der Waals surface area contributed by atoms with Crippen molar-refractivity contribution in [2.75, 3.05) is 11.0 Å². The zero-order valence-corrected chi connectivity index (χ0v) is 31.4. The van der Waals surface area contributed by atoms with Gasteiger partial charge in [-0.25, -0.2) is 26.6 Å². The molecule has 1 saturated carbocycles. The number of sulfonamides is 1. The number of aryl methyl sites for hydroxylation is 1. The molecule has 1 fully saturated rings. The summed E-state index contributed by atoms with van der Waals surface area (Å²) in [6, 6.07) is 17.3. The number of amides is 1. The molecule has 1 amide bonds. The second-order valence-corrected chi connectivity index (χ2v) is 15.9. The molecule has 17 heteroatoms. The Hall–Kier alpha value is -6.00. The van der Waals surface area contributed by atoms with Crippen molar-refractivity contribution in [2.24, 2.45) is 7.05 Å². The third-order valence-corrected chi connectivity index (χ3v) is 10.4. The molecule has 2 N–H and O–H groups in total. The van der Waals surface area contributed by atoms with E-state index in [2.05, 4.69) is 20.2 Å². The summed E-state index contributed by atoms with van der Waals surface area (Å²) in [6.07, 6.45) is 4.43. The van der Waals surface area contributed by atoms with Crippen LogP contribution in [0.1, 0.15) is 41.9 Å². The van der Waals surface area contributed by atoms with E-state index in [0.29, 0.717) is 11.5 Å². The van der Waals surface area contributed by atoms with Crippen molar-refractivity contribution >= 4 is 55.2 Å². The number of carbonyl (C=O) groups is 1. The lowest BCUT2D eigenvalue weighted by Crippen LogP contribution is -2.37. The molecule has 1 atom stereocenters. The van der Waals surface area contributed by atoms with Gasteiger partial charge in [0.2, 0.25) is 15.9 Å². The topological polar surface area (TPSA) is 146 Å². The summed E-state index contributed by atoms with van der Waals surface area (Å²) >= 11 is 6.64. The van der Waals surface area contributed by atoms with E-state index in [9.17, 15) is 31.2 Å². The number of nitrogens with zero attached hydrogens (tertiary/aromatic N) is 6. The molecule has 286 valence electrons. The Morgan fingerprint density at radius 2 is 1.73 bits per heavy atom. The Balaban J connectivity index is 1.36. The van der Waals surface area contributed by atoms with Crippen molar-refractivity contribution < 1.29 is 26.4 Å². The minimum absolute atomic E-state index is 0.0622. The molecule has 1 aliphatic carbocycles. The lowest BCUT2D eigenvalue weighted by molar-refractivity contribution is -0.122. The van der Waals surface area contributed by atoms with E-state index in [0.717, 1.165) is 43.0 Å². The second kappa shape index (κ2) is 14.3. The molecule has 4 aromatic carbocycles. The normalized spacial score (nSPS) is 13.7. The molecule has 0 bridgehead atoms. The molecule has 8 rings (SSSR count). The number of rotatable bonds is 11. The molecule has 0 saturated heterocycles. The summed E-state index contributed by atoms with van der Waals surface area (Å²) in [5, 5.41) is 12.2. The quantitative estimate of drug-likeness (QED) is 0.151. The van der Waals surface area contributed by atoms with Crippen molar-refractivity contribution in [2.45, 2.75) is 37.8 Å². The number of nitrogens with one attached hydrogen (secondary N) is 2. The lowest BCUT2D eigenvalue weighted by atomic mass is 10.0. The van der Waals surface area contributed by atoms with Crippen molar-refractivity contribution in [1.29, 1.82) is 0 Å². The van der Waals surface area contributed by atoms with Gasteiger partial charge in [0.25, 0.3) is 5.56 Å². The molecule has 0 unspecified atom stereocenters. The fourth-order valence-corrected chi connectivity index (χ4v) is 7.68. The average molecular weight is 801 g/mol. The first-order valence-corrected chi connectivity index (χ1v) is 19.7. The molecular weight excluding hydrogens is 769 g/mol. The van der Waals surface area contributed by atoms with Gasteiger partial charge in [-0.3, -0.25) is 28.2 Å². The van der Waals surface area contributed by atoms with Crippen molar-refractivity contribution in [3.8, 4) is 16.8 Å². The first kappa shape index (κ1) is 36.9. The van der Waals surface area contributed by atoms with Gasteiger partial charge in [-0.15, -0.1) is 0 Å². The van der Waals surface area contributed by atoms with Crippen LogP contribution in [0.15, 0.2) is 89.9 Å². The number of halogens is 4. The van der Waals surface area contributed by atoms with Crippen molar-refractivity contribution in [3.05, 3.63) is 135 Å². The number of carbonyl (C=O) groups excluding carboxylic acids is 1. The number of anilines is 1. The summed E-state index contributed by atoms with van der Waals surface area (Å²) in [7, 11) is -2.30. The first-order chi connectivity index (χ1) is 26.7. The number of benzene rings is 4. The fourth-order valence-electron chi connectivity index (χ4n) is 6.94. The maximum absolute atomic E-state index is 15.0. The Kier molecular flexibility index (Phi) is 9.40. The van der Waals surface area contributed by atoms with E-state index in [4.69, 9.17) is 16.6 Å². The largest absolute Gasteiger partial charge is 0.344 e. The first-order valence-electron chi connectivity index (χ1n) is 17.4. The number of hydrogen-bond donors (Lipinski definition) is 2. The monoisotopic (exact) mass is 800 g/mol. The Morgan fingerprint density at radius 1 is 0.982 bits per heavy atom. The third kappa shape index (κ3) is 7.36.